The molecule has 2 N–H and O–H groups in total. The first-order chi connectivity index (χ1) is 16.5. The lowest BCUT2D eigenvalue weighted by molar-refractivity contribution is -0.174. The molecule has 3 rings (SSSR count). The number of amides is 4. The summed E-state index contributed by atoms with van der Waals surface area (Å²) in [7, 11) is 7.69. The molecular formula is C22H22BF4N5O3. The minimum atomic E-state index is -5.19. The molecule has 0 aliphatic carbocycles. The monoisotopic (exact) mass is 491 g/mol. The van der Waals surface area contributed by atoms with E-state index in [0.717, 1.165) is 6.07 Å². The Morgan fingerprint density at radius 2 is 1.63 bits per heavy atom. The second kappa shape index (κ2) is 10.8. The number of halogens is 4. The molecule has 0 atom stereocenters. The highest BCUT2D eigenvalue weighted by molar-refractivity contribution is 6.32. The van der Waals surface area contributed by atoms with Crippen molar-refractivity contribution in [1.82, 2.24) is 20.7 Å². The molecule has 0 unspecified atom stereocenters. The predicted molar refractivity (Wildman–Crippen MR) is 121 cm³/mol. The summed E-state index contributed by atoms with van der Waals surface area (Å²) in [4.78, 5) is 41.3. The molecule has 0 bridgehead atoms. The third-order valence-electron chi connectivity index (χ3n) is 5.40. The summed E-state index contributed by atoms with van der Waals surface area (Å²) in [5, 5.41) is 0. The average Bonchev–Trinajstić information content (AvgIpc) is 2.81. The number of anilines is 1. The highest BCUT2D eigenvalue weighted by atomic mass is 19.4. The van der Waals surface area contributed by atoms with Gasteiger partial charge < -0.3 is 9.80 Å². The van der Waals surface area contributed by atoms with Gasteiger partial charge in [-0.15, -0.1) is 0 Å². The second-order valence-electron chi connectivity index (χ2n) is 7.96. The van der Waals surface area contributed by atoms with Crippen LogP contribution in [0.4, 0.5) is 28.0 Å². The van der Waals surface area contributed by atoms with Crippen LogP contribution in [0.25, 0.3) is 0 Å². The third-order valence-corrected chi connectivity index (χ3v) is 5.40. The molecule has 0 aromatic heterocycles. The number of urea groups is 1. The summed E-state index contributed by atoms with van der Waals surface area (Å²) in [6, 6.07) is 9.38. The number of alkyl halides is 3. The van der Waals surface area contributed by atoms with Gasteiger partial charge in [0.1, 0.15) is 13.7 Å². The normalized spacial score (nSPS) is 14.4. The van der Waals surface area contributed by atoms with Crippen molar-refractivity contribution in [3.63, 3.8) is 0 Å². The van der Waals surface area contributed by atoms with Crippen LogP contribution in [-0.2, 0) is 11.3 Å². The van der Waals surface area contributed by atoms with Crippen LogP contribution in [0.3, 0.4) is 0 Å². The van der Waals surface area contributed by atoms with Gasteiger partial charge in [-0.3, -0.25) is 25.3 Å². The Morgan fingerprint density at radius 3 is 2.20 bits per heavy atom. The minimum Gasteiger partial charge on any atom is -0.322 e. The molecule has 4 amide bonds. The average molecular weight is 491 g/mol. The zero-order valence-corrected chi connectivity index (χ0v) is 18.7. The number of likely N-dealkylation sites (N-methyl/N-ethyl adjacent to an activating group) is 1. The number of nitrogens with zero attached hydrogens (tertiary/aromatic N) is 3. The topological polar surface area (TPSA) is 85.0 Å². The van der Waals surface area contributed by atoms with Crippen molar-refractivity contribution in [2.24, 2.45) is 0 Å². The van der Waals surface area contributed by atoms with Crippen molar-refractivity contribution in [3.05, 3.63) is 59.4 Å². The van der Waals surface area contributed by atoms with Gasteiger partial charge in [0.25, 0.3) is 5.91 Å². The van der Waals surface area contributed by atoms with E-state index in [4.69, 9.17) is 7.85 Å². The zero-order chi connectivity index (χ0) is 25.8. The number of hydrazine groups is 1. The smallest absolute Gasteiger partial charge is 0.322 e. The molecule has 2 aromatic carbocycles. The Kier molecular flexibility index (Phi) is 8.00. The fraction of sp³-hybridized carbons (Fsp3) is 0.318. The van der Waals surface area contributed by atoms with E-state index in [1.165, 1.54) is 22.5 Å². The summed E-state index contributed by atoms with van der Waals surface area (Å²) in [6.07, 6.45) is -5.19. The van der Waals surface area contributed by atoms with Crippen LogP contribution in [0.2, 0.25) is 0 Å². The van der Waals surface area contributed by atoms with E-state index in [9.17, 15) is 31.9 Å². The van der Waals surface area contributed by atoms with Gasteiger partial charge in [-0.1, -0.05) is 23.7 Å². The second-order valence-corrected chi connectivity index (χ2v) is 7.96. The van der Waals surface area contributed by atoms with E-state index in [2.05, 4.69) is 4.90 Å². The number of benzene rings is 2. The van der Waals surface area contributed by atoms with E-state index in [0.29, 0.717) is 37.3 Å². The molecule has 2 aromatic rings. The third kappa shape index (κ3) is 6.72. The number of carbonyl (C=O) groups is 3. The van der Waals surface area contributed by atoms with Crippen molar-refractivity contribution >= 4 is 36.8 Å². The van der Waals surface area contributed by atoms with Crippen LogP contribution < -0.4 is 21.2 Å². The summed E-state index contributed by atoms with van der Waals surface area (Å²) < 4.78 is 51.6. The van der Waals surface area contributed by atoms with E-state index >= 15 is 0 Å². The van der Waals surface area contributed by atoms with Gasteiger partial charge in [-0.05, 0) is 31.3 Å². The largest absolute Gasteiger partial charge is 0.472 e. The standard InChI is InChI=1S/C22H22BF4N5O3/c1-30-8-10-31(11-9-30)21(35)32(17-6-4-16(23)5-7-17)13-15-3-2-14(12-18(15)24)19(33)28-29-20(34)22(25,26)27/h2-7,12H,8-11,13H2,1H3,(H,28,33)(H,29,34). The molecule has 1 fully saturated rings. The van der Waals surface area contributed by atoms with Crippen LogP contribution in [0.5, 0.6) is 0 Å². The fourth-order valence-corrected chi connectivity index (χ4v) is 3.34. The molecule has 2 radical (unpaired) electrons. The van der Waals surface area contributed by atoms with Crippen LogP contribution in [-0.4, -0.2) is 74.9 Å². The maximum absolute atomic E-state index is 14.9. The minimum absolute atomic E-state index is 0.0696. The maximum Gasteiger partial charge on any atom is 0.472 e. The summed E-state index contributed by atoms with van der Waals surface area (Å²) >= 11 is 0. The Bertz CT molecular complexity index is 1090. The van der Waals surface area contributed by atoms with Crippen molar-refractivity contribution in [3.8, 4) is 0 Å². The SMILES string of the molecule is [B]c1ccc(N(Cc2ccc(C(=O)NNC(=O)C(F)(F)F)cc2F)C(=O)N2CCN(C)CC2)cc1. The molecule has 1 heterocycles. The lowest BCUT2D eigenvalue weighted by Crippen LogP contribution is -2.52. The number of hydrogen-bond donors (Lipinski definition) is 2. The molecule has 35 heavy (non-hydrogen) atoms. The molecule has 1 saturated heterocycles. The van der Waals surface area contributed by atoms with Crippen molar-refractivity contribution in [2.75, 3.05) is 38.1 Å². The van der Waals surface area contributed by atoms with Crippen LogP contribution >= 0.6 is 0 Å². The van der Waals surface area contributed by atoms with Gasteiger partial charge in [0.15, 0.2) is 0 Å². The number of nitrogens with one attached hydrogen (secondary N) is 2. The molecule has 8 nitrogen and oxygen atoms in total. The van der Waals surface area contributed by atoms with Crippen LogP contribution in [0.1, 0.15) is 15.9 Å². The van der Waals surface area contributed by atoms with Gasteiger partial charge in [0.05, 0.1) is 6.54 Å². The van der Waals surface area contributed by atoms with Gasteiger partial charge in [-0.25, -0.2) is 9.18 Å². The first-order valence-electron chi connectivity index (χ1n) is 10.5. The lowest BCUT2D eigenvalue weighted by atomic mass is 9.96. The van der Waals surface area contributed by atoms with Gasteiger partial charge >= 0.3 is 18.1 Å². The molecule has 13 heteroatoms. The van der Waals surface area contributed by atoms with E-state index in [1.807, 2.05) is 7.05 Å². The lowest BCUT2D eigenvalue weighted by Gasteiger charge is -2.36. The molecule has 1 aliphatic rings. The highest BCUT2D eigenvalue weighted by Crippen LogP contribution is 2.21. The summed E-state index contributed by atoms with van der Waals surface area (Å²) in [5.74, 6) is -4.37. The van der Waals surface area contributed by atoms with Gasteiger partial charge in [-0.2, -0.15) is 13.2 Å². The predicted octanol–water partition coefficient (Wildman–Crippen LogP) is 1.32. The number of rotatable bonds is 4. The quantitative estimate of drug-likeness (QED) is 0.384. The number of piperazine rings is 1. The van der Waals surface area contributed by atoms with E-state index in [-0.39, 0.29) is 23.7 Å². The Labute approximate surface area is 200 Å². The Hall–Kier alpha value is -3.61. The van der Waals surface area contributed by atoms with Crippen molar-refractivity contribution in [1.29, 1.82) is 0 Å². The maximum atomic E-state index is 14.9. The summed E-state index contributed by atoms with van der Waals surface area (Å²) in [6.45, 7) is 2.18. The van der Waals surface area contributed by atoms with Crippen LogP contribution in [0.15, 0.2) is 42.5 Å². The van der Waals surface area contributed by atoms with Crippen molar-refractivity contribution in [2.45, 2.75) is 12.7 Å². The Morgan fingerprint density at radius 1 is 1.00 bits per heavy atom. The number of hydrogen-bond acceptors (Lipinski definition) is 4. The first kappa shape index (κ1) is 26.0. The molecule has 0 saturated carbocycles. The Balaban J connectivity index is 1.78. The van der Waals surface area contributed by atoms with E-state index < -0.39 is 23.8 Å². The molecule has 184 valence electrons. The molecular weight excluding hydrogens is 469 g/mol. The van der Waals surface area contributed by atoms with Gasteiger partial charge in [0.2, 0.25) is 0 Å². The molecule has 1 aliphatic heterocycles. The van der Waals surface area contributed by atoms with E-state index in [1.54, 1.807) is 34.6 Å². The highest BCUT2D eigenvalue weighted by Gasteiger charge is 2.39. The fourth-order valence-electron chi connectivity index (χ4n) is 3.34. The summed E-state index contributed by atoms with van der Waals surface area (Å²) in [5.41, 5.74) is 3.51. The first-order valence-corrected chi connectivity index (χ1v) is 10.5. The van der Waals surface area contributed by atoms with Crippen molar-refractivity contribution < 1.29 is 31.9 Å². The zero-order valence-electron chi connectivity index (χ0n) is 18.7. The van der Waals surface area contributed by atoms with Crippen LogP contribution in [0, 0.1) is 5.82 Å². The molecule has 0 spiro atoms. The number of carbonyl (C=O) groups excluding carboxylic acids is 3. The van der Waals surface area contributed by atoms with Gasteiger partial charge in [0, 0.05) is 43.0 Å².